The van der Waals surface area contributed by atoms with Gasteiger partial charge in [0.15, 0.2) is 5.58 Å². The Balaban J connectivity index is 2.01. The molecule has 0 fully saturated rings. The minimum Gasteiger partial charge on any atom is -0.408 e. The van der Waals surface area contributed by atoms with Gasteiger partial charge in [-0.15, -0.1) is 0 Å². The van der Waals surface area contributed by atoms with Crippen molar-refractivity contribution >= 4 is 11.1 Å². The maximum absolute atomic E-state index is 11.3. The smallest absolute Gasteiger partial charge is 0.408 e. The topological polar surface area (TPSA) is 56.4 Å². The fourth-order valence-electron chi connectivity index (χ4n) is 1.80. The van der Waals surface area contributed by atoms with Crippen LogP contribution < -0.4 is 11.1 Å². The predicted molar refractivity (Wildman–Crippen MR) is 69.7 cm³/mol. The number of aryl methyl sites for hydroxylation is 1. The summed E-state index contributed by atoms with van der Waals surface area (Å²) >= 11 is 0. The zero-order valence-electron chi connectivity index (χ0n) is 10.7. The summed E-state index contributed by atoms with van der Waals surface area (Å²) in [6.07, 6.45) is 0.989. The fraction of sp³-hybridized carbons (Fsp3) is 0.462. The minimum absolute atomic E-state index is 0.336. The Morgan fingerprint density at radius 1 is 1.44 bits per heavy atom. The molecule has 0 atom stereocenters. The van der Waals surface area contributed by atoms with Gasteiger partial charge < -0.3 is 14.5 Å². The van der Waals surface area contributed by atoms with Gasteiger partial charge in [0.05, 0.1) is 12.1 Å². The first kappa shape index (κ1) is 12.9. The molecule has 5 nitrogen and oxygen atoms in total. The fourth-order valence-corrected chi connectivity index (χ4v) is 1.80. The lowest BCUT2D eigenvalue weighted by atomic mass is 10.2. The molecular formula is C13H18N2O3. The largest absolute Gasteiger partial charge is 0.419 e. The van der Waals surface area contributed by atoms with E-state index in [4.69, 9.17) is 9.15 Å². The number of benzene rings is 1. The summed E-state index contributed by atoms with van der Waals surface area (Å²) in [5.74, 6) is -0.336. The molecule has 18 heavy (non-hydrogen) atoms. The Bertz CT molecular complexity index is 571. The predicted octanol–water partition coefficient (Wildman–Crippen LogP) is 1.26. The van der Waals surface area contributed by atoms with Crippen molar-refractivity contribution in [1.29, 1.82) is 0 Å². The number of nitrogens with one attached hydrogen (secondary N) is 1. The number of oxazole rings is 1. The molecule has 98 valence electrons. The lowest BCUT2D eigenvalue weighted by Gasteiger charge is -2.04. The summed E-state index contributed by atoms with van der Waals surface area (Å²) in [5, 5.41) is 3.07. The van der Waals surface area contributed by atoms with Crippen LogP contribution in [0, 0.1) is 0 Å². The minimum atomic E-state index is -0.336. The van der Waals surface area contributed by atoms with Crippen LogP contribution in [-0.2, 0) is 18.4 Å². The van der Waals surface area contributed by atoms with Crippen LogP contribution >= 0.6 is 0 Å². The third-order valence-electron chi connectivity index (χ3n) is 2.84. The summed E-state index contributed by atoms with van der Waals surface area (Å²) < 4.78 is 12.1. The molecule has 0 unspecified atom stereocenters. The molecule has 0 saturated carbocycles. The number of hydrogen-bond donors (Lipinski definition) is 1. The molecule has 5 heteroatoms. The molecule has 1 aromatic heterocycles. The van der Waals surface area contributed by atoms with E-state index in [1.165, 1.54) is 4.57 Å². The SMILES string of the molecule is CNCCCOCc1ccc2oc(=O)n(C)c2c1. The summed E-state index contributed by atoms with van der Waals surface area (Å²) in [7, 11) is 3.62. The summed E-state index contributed by atoms with van der Waals surface area (Å²) in [6, 6.07) is 5.66. The van der Waals surface area contributed by atoms with Crippen LogP contribution in [0.1, 0.15) is 12.0 Å². The number of ether oxygens (including phenoxy) is 1. The van der Waals surface area contributed by atoms with Crippen molar-refractivity contribution in [3.63, 3.8) is 0 Å². The Labute approximate surface area is 105 Å². The molecule has 2 aromatic rings. The molecule has 0 aliphatic rings. The van der Waals surface area contributed by atoms with E-state index in [2.05, 4.69) is 5.32 Å². The third-order valence-corrected chi connectivity index (χ3v) is 2.84. The zero-order valence-corrected chi connectivity index (χ0v) is 10.7. The average molecular weight is 250 g/mol. The van der Waals surface area contributed by atoms with E-state index < -0.39 is 0 Å². The Morgan fingerprint density at radius 3 is 3.06 bits per heavy atom. The molecule has 0 saturated heterocycles. The molecule has 1 aromatic carbocycles. The van der Waals surface area contributed by atoms with Crippen LogP contribution in [0.25, 0.3) is 11.1 Å². The van der Waals surface area contributed by atoms with Crippen molar-refractivity contribution in [2.24, 2.45) is 7.05 Å². The lowest BCUT2D eigenvalue weighted by molar-refractivity contribution is 0.119. The summed E-state index contributed by atoms with van der Waals surface area (Å²) in [4.78, 5) is 11.3. The number of rotatable bonds is 6. The van der Waals surface area contributed by atoms with Gasteiger partial charge in [-0.3, -0.25) is 4.57 Å². The highest BCUT2D eigenvalue weighted by Gasteiger charge is 2.06. The van der Waals surface area contributed by atoms with Gasteiger partial charge in [0.25, 0.3) is 0 Å². The Hall–Kier alpha value is -1.59. The molecule has 0 aliphatic carbocycles. The van der Waals surface area contributed by atoms with Crippen LogP contribution in [0.4, 0.5) is 0 Å². The maximum Gasteiger partial charge on any atom is 0.419 e. The van der Waals surface area contributed by atoms with Gasteiger partial charge in [0, 0.05) is 13.7 Å². The van der Waals surface area contributed by atoms with Crippen LogP contribution in [0.2, 0.25) is 0 Å². The molecule has 0 aliphatic heterocycles. The maximum atomic E-state index is 11.3. The van der Waals surface area contributed by atoms with Crippen molar-refractivity contribution in [2.45, 2.75) is 13.0 Å². The van der Waals surface area contributed by atoms with Crippen LogP contribution in [0.15, 0.2) is 27.4 Å². The van der Waals surface area contributed by atoms with E-state index in [1.807, 2.05) is 25.2 Å². The molecule has 0 spiro atoms. The third kappa shape index (κ3) is 2.80. The number of aromatic nitrogens is 1. The summed E-state index contributed by atoms with van der Waals surface area (Å²) in [5.41, 5.74) is 2.46. The number of fused-ring (bicyclic) bond motifs is 1. The number of hydrogen-bond acceptors (Lipinski definition) is 4. The monoisotopic (exact) mass is 250 g/mol. The highest BCUT2D eigenvalue weighted by Crippen LogP contribution is 2.14. The second-order valence-corrected chi connectivity index (χ2v) is 4.24. The van der Waals surface area contributed by atoms with Gasteiger partial charge in [0.1, 0.15) is 0 Å². The molecule has 0 radical (unpaired) electrons. The van der Waals surface area contributed by atoms with E-state index in [0.29, 0.717) is 12.2 Å². The van der Waals surface area contributed by atoms with E-state index in [1.54, 1.807) is 7.05 Å². The highest BCUT2D eigenvalue weighted by molar-refractivity contribution is 5.73. The van der Waals surface area contributed by atoms with Gasteiger partial charge in [-0.1, -0.05) is 6.07 Å². The lowest BCUT2D eigenvalue weighted by Crippen LogP contribution is -2.10. The number of nitrogens with zero attached hydrogens (tertiary/aromatic N) is 1. The standard InChI is InChI=1S/C13H18N2O3/c1-14-6-3-7-17-9-10-4-5-12-11(8-10)15(2)13(16)18-12/h4-5,8,14H,3,6-7,9H2,1-2H3. The normalized spacial score (nSPS) is 11.2. The average Bonchev–Trinajstić information content (AvgIpc) is 2.65. The molecule has 0 amide bonds. The summed E-state index contributed by atoms with van der Waals surface area (Å²) in [6.45, 7) is 2.23. The zero-order chi connectivity index (χ0) is 13.0. The van der Waals surface area contributed by atoms with E-state index in [-0.39, 0.29) is 5.76 Å². The van der Waals surface area contributed by atoms with E-state index in [9.17, 15) is 4.79 Å². The van der Waals surface area contributed by atoms with Gasteiger partial charge in [-0.25, -0.2) is 4.79 Å². The second kappa shape index (κ2) is 5.84. The molecule has 0 bridgehead atoms. The van der Waals surface area contributed by atoms with Crippen molar-refractivity contribution in [1.82, 2.24) is 9.88 Å². The molecule has 1 heterocycles. The van der Waals surface area contributed by atoms with Crippen LogP contribution in [0.3, 0.4) is 0 Å². The van der Waals surface area contributed by atoms with Gasteiger partial charge in [-0.2, -0.15) is 0 Å². The molecule has 2 rings (SSSR count). The molecular weight excluding hydrogens is 232 g/mol. The van der Waals surface area contributed by atoms with Gasteiger partial charge >= 0.3 is 5.76 Å². The Kier molecular flexibility index (Phi) is 4.17. The van der Waals surface area contributed by atoms with Gasteiger partial charge in [-0.05, 0) is 37.7 Å². The van der Waals surface area contributed by atoms with Gasteiger partial charge in [0.2, 0.25) is 0 Å². The quantitative estimate of drug-likeness (QED) is 0.784. The Morgan fingerprint density at radius 2 is 2.28 bits per heavy atom. The van der Waals surface area contributed by atoms with Crippen LogP contribution in [-0.4, -0.2) is 24.8 Å². The molecule has 1 N–H and O–H groups in total. The second-order valence-electron chi connectivity index (χ2n) is 4.24. The highest BCUT2D eigenvalue weighted by atomic mass is 16.5. The van der Waals surface area contributed by atoms with Crippen molar-refractivity contribution in [2.75, 3.05) is 20.2 Å². The van der Waals surface area contributed by atoms with Crippen molar-refractivity contribution in [3.05, 3.63) is 34.3 Å². The first-order valence-electron chi connectivity index (χ1n) is 6.03. The van der Waals surface area contributed by atoms with Crippen molar-refractivity contribution < 1.29 is 9.15 Å². The van der Waals surface area contributed by atoms with E-state index in [0.717, 1.165) is 30.7 Å². The first-order valence-corrected chi connectivity index (χ1v) is 6.03. The first-order chi connectivity index (χ1) is 8.72. The van der Waals surface area contributed by atoms with E-state index >= 15 is 0 Å². The van der Waals surface area contributed by atoms with Crippen LogP contribution in [0.5, 0.6) is 0 Å². The van der Waals surface area contributed by atoms with Crippen molar-refractivity contribution in [3.8, 4) is 0 Å².